The SMILES string of the molecule is CN=C(NCCCOc1ccc2ccccc2c1)NCc1ncccc1F. The van der Waals surface area contributed by atoms with Crippen molar-refractivity contribution in [2.75, 3.05) is 20.2 Å². The molecule has 0 atom stereocenters. The molecule has 3 rings (SSSR count). The lowest BCUT2D eigenvalue weighted by Gasteiger charge is -2.12. The van der Waals surface area contributed by atoms with Crippen LogP contribution in [0.4, 0.5) is 4.39 Å². The fraction of sp³-hybridized carbons (Fsp3) is 0.238. The Balaban J connectivity index is 1.38. The van der Waals surface area contributed by atoms with Crippen LogP contribution >= 0.6 is 0 Å². The number of ether oxygens (including phenoxy) is 1. The summed E-state index contributed by atoms with van der Waals surface area (Å²) in [6, 6.07) is 17.3. The molecule has 0 radical (unpaired) electrons. The van der Waals surface area contributed by atoms with E-state index in [1.807, 2.05) is 24.3 Å². The van der Waals surface area contributed by atoms with Gasteiger partial charge in [-0.2, -0.15) is 0 Å². The number of hydrogen-bond donors (Lipinski definition) is 2. The Kier molecular flexibility index (Phi) is 6.57. The second-order valence-electron chi connectivity index (χ2n) is 6.00. The first-order chi connectivity index (χ1) is 13.3. The van der Waals surface area contributed by atoms with Crippen molar-refractivity contribution in [2.24, 2.45) is 4.99 Å². The molecule has 0 aliphatic rings. The lowest BCUT2D eigenvalue weighted by atomic mass is 10.1. The molecule has 2 N–H and O–H groups in total. The summed E-state index contributed by atoms with van der Waals surface area (Å²) in [6.45, 7) is 1.56. The van der Waals surface area contributed by atoms with Crippen LogP contribution in [0.1, 0.15) is 12.1 Å². The number of aliphatic imine (C=N–C) groups is 1. The van der Waals surface area contributed by atoms with Gasteiger partial charge < -0.3 is 15.4 Å². The highest BCUT2D eigenvalue weighted by Crippen LogP contribution is 2.20. The van der Waals surface area contributed by atoms with E-state index in [4.69, 9.17) is 4.74 Å². The molecule has 0 spiro atoms. The molecule has 140 valence electrons. The van der Waals surface area contributed by atoms with Crippen LogP contribution < -0.4 is 15.4 Å². The van der Waals surface area contributed by atoms with E-state index >= 15 is 0 Å². The average molecular weight is 366 g/mol. The molecule has 1 heterocycles. The first kappa shape index (κ1) is 18.6. The van der Waals surface area contributed by atoms with Crippen molar-refractivity contribution in [3.63, 3.8) is 0 Å². The fourth-order valence-corrected chi connectivity index (χ4v) is 2.66. The topological polar surface area (TPSA) is 58.5 Å². The van der Waals surface area contributed by atoms with Crippen LogP contribution in [-0.2, 0) is 6.54 Å². The second kappa shape index (κ2) is 9.52. The molecule has 0 unspecified atom stereocenters. The van der Waals surface area contributed by atoms with Crippen molar-refractivity contribution in [3.05, 3.63) is 72.3 Å². The fourth-order valence-electron chi connectivity index (χ4n) is 2.66. The third-order valence-corrected chi connectivity index (χ3v) is 4.08. The summed E-state index contributed by atoms with van der Waals surface area (Å²) >= 11 is 0. The van der Waals surface area contributed by atoms with E-state index < -0.39 is 0 Å². The molecular formula is C21H23FN4O. The lowest BCUT2D eigenvalue weighted by molar-refractivity contribution is 0.311. The monoisotopic (exact) mass is 366 g/mol. The number of hydrogen-bond acceptors (Lipinski definition) is 3. The van der Waals surface area contributed by atoms with E-state index in [1.165, 1.54) is 16.8 Å². The average Bonchev–Trinajstić information content (AvgIpc) is 2.71. The van der Waals surface area contributed by atoms with Crippen LogP contribution in [0.5, 0.6) is 5.75 Å². The number of aromatic nitrogens is 1. The summed E-state index contributed by atoms with van der Waals surface area (Å²) in [5.41, 5.74) is 0.361. The van der Waals surface area contributed by atoms with Gasteiger partial charge in [-0.3, -0.25) is 9.98 Å². The van der Waals surface area contributed by atoms with Gasteiger partial charge in [0.15, 0.2) is 5.96 Å². The minimum atomic E-state index is -0.329. The quantitative estimate of drug-likeness (QED) is 0.382. The van der Waals surface area contributed by atoms with Crippen molar-refractivity contribution in [1.82, 2.24) is 15.6 Å². The molecule has 0 aliphatic carbocycles. The lowest BCUT2D eigenvalue weighted by Crippen LogP contribution is -2.38. The molecule has 0 aliphatic heterocycles. The smallest absolute Gasteiger partial charge is 0.191 e. The van der Waals surface area contributed by atoms with E-state index in [0.29, 0.717) is 24.8 Å². The maximum absolute atomic E-state index is 13.6. The van der Waals surface area contributed by atoms with Gasteiger partial charge in [-0.15, -0.1) is 0 Å². The van der Waals surface area contributed by atoms with Crippen LogP contribution in [0, 0.1) is 5.82 Å². The third-order valence-electron chi connectivity index (χ3n) is 4.08. The maximum atomic E-state index is 13.6. The van der Waals surface area contributed by atoms with Crippen molar-refractivity contribution < 1.29 is 9.13 Å². The molecule has 0 saturated heterocycles. The first-order valence-corrected chi connectivity index (χ1v) is 8.92. The van der Waals surface area contributed by atoms with Crippen LogP contribution in [0.25, 0.3) is 10.8 Å². The van der Waals surface area contributed by atoms with Crippen molar-refractivity contribution >= 4 is 16.7 Å². The molecule has 0 bridgehead atoms. The standard InChI is InChI=1S/C21H23FN4O/c1-23-21(26-15-20-19(22)8-4-11-24-20)25-12-5-13-27-18-10-9-16-6-2-3-7-17(16)14-18/h2-4,6-11,14H,5,12-13,15H2,1H3,(H2,23,25,26). The largest absolute Gasteiger partial charge is 0.494 e. The molecule has 3 aromatic rings. The number of guanidine groups is 1. The molecule has 0 amide bonds. The van der Waals surface area contributed by atoms with Gasteiger partial charge in [-0.1, -0.05) is 30.3 Å². The number of pyridine rings is 1. The van der Waals surface area contributed by atoms with Crippen LogP contribution in [0.2, 0.25) is 0 Å². The molecule has 27 heavy (non-hydrogen) atoms. The number of fused-ring (bicyclic) bond motifs is 1. The number of nitrogens with zero attached hydrogens (tertiary/aromatic N) is 2. The second-order valence-corrected chi connectivity index (χ2v) is 6.00. The normalized spacial score (nSPS) is 11.4. The third kappa shape index (κ3) is 5.41. The van der Waals surface area contributed by atoms with Gasteiger partial charge in [0.2, 0.25) is 0 Å². The Labute approximate surface area is 158 Å². The number of halogens is 1. The minimum Gasteiger partial charge on any atom is -0.494 e. The zero-order chi connectivity index (χ0) is 18.9. The van der Waals surface area contributed by atoms with Gasteiger partial charge in [0.1, 0.15) is 11.6 Å². The molecule has 5 nitrogen and oxygen atoms in total. The summed E-state index contributed by atoms with van der Waals surface area (Å²) in [7, 11) is 1.68. The van der Waals surface area contributed by atoms with E-state index in [9.17, 15) is 4.39 Å². The predicted molar refractivity (Wildman–Crippen MR) is 106 cm³/mol. The summed E-state index contributed by atoms with van der Waals surface area (Å²) in [4.78, 5) is 8.14. The van der Waals surface area contributed by atoms with Crippen molar-refractivity contribution in [3.8, 4) is 5.75 Å². The first-order valence-electron chi connectivity index (χ1n) is 8.92. The number of nitrogens with one attached hydrogen (secondary N) is 2. The predicted octanol–water partition coefficient (Wildman–Crippen LogP) is 3.51. The summed E-state index contributed by atoms with van der Waals surface area (Å²) < 4.78 is 19.4. The Morgan fingerprint density at radius 2 is 1.93 bits per heavy atom. The Morgan fingerprint density at radius 1 is 1.07 bits per heavy atom. The molecule has 2 aromatic carbocycles. The van der Waals surface area contributed by atoms with Crippen LogP contribution in [0.15, 0.2) is 65.8 Å². The summed E-state index contributed by atoms with van der Waals surface area (Å²) in [5, 5.41) is 8.60. The molecular weight excluding hydrogens is 343 g/mol. The zero-order valence-corrected chi connectivity index (χ0v) is 15.3. The highest BCUT2D eigenvalue weighted by atomic mass is 19.1. The van der Waals surface area contributed by atoms with E-state index in [-0.39, 0.29) is 12.4 Å². The molecule has 1 aromatic heterocycles. The van der Waals surface area contributed by atoms with E-state index in [0.717, 1.165) is 12.2 Å². The Bertz CT molecular complexity index is 913. The summed E-state index contributed by atoms with van der Waals surface area (Å²) in [5.74, 6) is 1.14. The molecule has 0 fully saturated rings. The van der Waals surface area contributed by atoms with Gasteiger partial charge in [-0.25, -0.2) is 4.39 Å². The number of rotatable bonds is 7. The number of benzene rings is 2. The van der Waals surface area contributed by atoms with Gasteiger partial charge >= 0.3 is 0 Å². The Morgan fingerprint density at radius 3 is 2.74 bits per heavy atom. The van der Waals surface area contributed by atoms with E-state index in [1.54, 1.807) is 19.3 Å². The van der Waals surface area contributed by atoms with Crippen molar-refractivity contribution in [1.29, 1.82) is 0 Å². The highest BCUT2D eigenvalue weighted by Gasteiger charge is 2.04. The minimum absolute atomic E-state index is 0.278. The van der Waals surface area contributed by atoms with Gasteiger partial charge in [0.05, 0.1) is 18.8 Å². The summed E-state index contributed by atoms with van der Waals surface area (Å²) in [6.07, 6.45) is 2.38. The van der Waals surface area contributed by atoms with Crippen LogP contribution in [-0.4, -0.2) is 31.1 Å². The van der Waals surface area contributed by atoms with Crippen LogP contribution in [0.3, 0.4) is 0 Å². The molecule has 6 heteroatoms. The van der Waals surface area contributed by atoms with E-state index in [2.05, 4.69) is 38.8 Å². The maximum Gasteiger partial charge on any atom is 0.191 e. The Hall–Kier alpha value is -3.15. The zero-order valence-electron chi connectivity index (χ0n) is 15.3. The van der Waals surface area contributed by atoms with Gasteiger partial charge in [-0.05, 0) is 41.5 Å². The highest BCUT2D eigenvalue weighted by molar-refractivity contribution is 5.83. The molecule has 0 saturated carbocycles. The van der Waals surface area contributed by atoms with Gasteiger partial charge in [0, 0.05) is 19.8 Å². The van der Waals surface area contributed by atoms with Crippen molar-refractivity contribution in [2.45, 2.75) is 13.0 Å². The van der Waals surface area contributed by atoms with Gasteiger partial charge in [0.25, 0.3) is 0 Å².